The number of thiol groups is 1. The molecule has 0 heterocycles. The van der Waals surface area contributed by atoms with Crippen LogP contribution >= 0.6 is 12.6 Å². The third-order valence-corrected chi connectivity index (χ3v) is 7.42. The zero-order valence-electron chi connectivity index (χ0n) is 21.1. The normalized spacial score (nSPS) is 13.7. The first-order valence-electron chi connectivity index (χ1n) is 13.3. The number of hydrogen-bond acceptors (Lipinski definition) is 3. The molecule has 3 heteroatoms. The maximum Gasteiger partial charge on any atom is 0.175 e. The van der Waals surface area contributed by atoms with Gasteiger partial charge in [-0.2, -0.15) is 12.6 Å². The van der Waals surface area contributed by atoms with E-state index >= 15 is 0 Å². The Balaban J connectivity index is 1.96. The number of benzene rings is 2. The molecule has 0 aromatic heterocycles. The third-order valence-electron chi connectivity index (χ3n) is 7.10. The van der Waals surface area contributed by atoms with E-state index in [2.05, 4.69) is 75.9 Å². The van der Waals surface area contributed by atoms with E-state index < -0.39 is 5.79 Å². The van der Waals surface area contributed by atoms with E-state index in [1.807, 2.05) is 0 Å². The van der Waals surface area contributed by atoms with E-state index in [4.69, 9.17) is 9.47 Å². The minimum absolute atomic E-state index is 0.229. The molecule has 0 N–H and O–H groups in total. The van der Waals surface area contributed by atoms with Gasteiger partial charge in [0, 0.05) is 25.6 Å². The number of ether oxygens (including phenoxy) is 2. The molecule has 0 radical (unpaired) electrons. The van der Waals surface area contributed by atoms with Crippen molar-refractivity contribution in [2.45, 2.75) is 96.7 Å². The summed E-state index contributed by atoms with van der Waals surface area (Å²) in [5.74, 6) is 0.497. The average Bonchev–Trinajstić information content (AvgIpc) is 3.22. The molecule has 0 bridgehead atoms. The minimum atomic E-state index is -0.584. The van der Waals surface area contributed by atoms with Crippen LogP contribution in [-0.4, -0.2) is 24.8 Å². The van der Waals surface area contributed by atoms with Crippen LogP contribution < -0.4 is 0 Å². The Morgan fingerprint density at radius 3 is 2.24 bits per heavy atom. The molecule has 1 aliphatic rings. The molecule has 0 fully saturated rings. The molecule has 0 aliphatic heterocycles. The van der Waals surface area contributed by atoms with Crippen LogP contribution in [0.4, 0.5) is 0 Å². The molecule has 1 unspecified atom stereocenters. The fourth-order valence-electron chi connectivity index (χ4n) is 5.63. The molecule has 0 spiro atoms. The molecule has 1 atom stereocenters. The van der Waals surface area contributed by atoms with Crippen molar-refractivity contribution in [1.82, 2.24) is 0 Å². The predicted molar refractivity (Wildman–Crippen MR) is 144 cm³/mol. The molecule has 0 saturated heterocycles. The summed E-state index contributed by atoms with van der Waals surface area (Å²) in [6.45, 7) is 7.80. The number of rotatable bonds is 16. The monoisotopic (exact) mass is 468 g/mol. The number of unbranched alkanes of at least 4 members (excludes halogenated alkanes) is 5. The first kappa shape index (κ1) is 26.3. The van der Waals surface area contributed by atoms with Crippen molar-refractivity contribution < 1.29 is 9.47 Å². The highest BCUT2D eigenvalue weighted by Crippen LogP contribution is 2.46. The van der Waals surface area contributed by atoms with Crippen molar-refractivity contribution >= 4 is 12.6 Å². The van der Waals surface area contributed by atoms with Gasteiger partial charge in [-0.3, -0.25) is 0 Å². The van der Waals surface area contributed by atoms with Gasteiger partial charge in [0.1, 0.15) is 0 Å². The fourth-order valence-corrected chi connectivity index (χ4v) is 5.78. The third kappa shape index (κ3) is 6.44. The maximum absolute atomic E-state index is 6.56. The second kappa shape index (κ2) is 13.6. The van der Waals surface area contributed by atoms with Crippen molar-refractivity contribution in [3.05, 3.63) is 59.2 Å². The van der Waals surface area contributed by atoms with Gasteiger partial charge >= 0.3 is 0 Å². The van der Waals surface area contributed by atoms with Crippen molar-refractivity contribution in [2.75, 3.05) is 19.0 Å². The van der Waals surface area contributed by atoms with Crippen LogP contribution in [0, 0.1) is 0 Å². The minimum Gasteiger partial charge on any atom is -0.350 e. The first-order chi connectivity index (χ1) is 16.2. The van der Waals surface area contributed by atoms with Crippen molar-refractivity contribution in [3.63, 3.8) is 0 Å². The predicted octanol–water partition coefficient (Wildman–Crippen LogP) is 8.57. The SMILES string of the molecule is CCCCCCCCC(c1cccc2c1Cc1ccccc1-2)C(CCCS)(OCC)OCC. The topological polar surface area (TPSA) is 18.5 Å². The summed E-state index contributed by atoms with van der Waals surface area (Å²) in [5, 5.41) is 0. The van der Waals surface area contributed by atoms with Gasteiger partial charge in [-0.05, 0) is 66.7 Å². The van der Waals surface area contributed by atoms with Gasteiger partial charge in [-0.25, -0.2) is 0 Å². The van der Waals surface area contributed by atoms with Crippen molar-refractivity contribution in [2.24, 2.45) is 0 Å². The molecule has 1 aliphatic carbocycles. The molecular weight excluding hydrogens is 424 g/mol. The molecule has 33 heavy (non-hydrogen) atoms. The lowest BCUT2D eigenvalue weighted by atomic mass is 9.80. The van der Waals surface area contributed by atoms with Crippen LogP contribution in [-0.2, 0) is 15.9 Å². The second-order valence-corrected chi connectivity index (χ2v) is 9.77. The van der Waals surface area contributed by atoms with Gasteiger partial charge in [0.2, 0.25) is 0 Å². The lowest BCUT2D eigenvalue weighted by molar-refractivity contribution is -0.252. The highest BCUT2D eigenvalue weighted by atomic mass is 32.1. The van der Waals surface area contributed by atoms with E-state index in [-0.39, 0.29) is 5.92 Å². The Morgan fingerprint density at radius 2 is 1.52 bits per heavy atom. The Labute approximate surface area is 207 Å². The van der Waals surface area contributed by atoms with Gasteiger partial charge in [-0.1, -0.05) is 87.9 Å². The molecule has 0 amide bonds. The van der Waals surface area contributed by atoms with Crippen LogP contribution in [0.25, 0.3) is 11.1 Å². The van der Waals surface area contributed by atoms with Crippen LogP contribution in [0.2, 0.25) is 0 Å². The summed E-state index contributed by atoms with van der Waals surface area (Å²) in [4.78, 5) is 0. The van der Waals surface area contributed by atoms with E-state index in [1.165, 1.54) is 66.3 Å². The summed E-state index contributed by atoms with van der Waals surface area (Å²) >= 11 is 4.53. The van der Waals surface area contributed by atoms with E-state index in [0.29, 0.717) is 13.2 Å². The van der Waals surface area contributed by atoms with Gasteiger partial charge in [-0.15, -0.1) is 0 Å². The van der Waals surface area contributed by atoms with Crippen LogP contribution in [0.15, 0.2) is 42.5 Å². The molecule has 2 aromatic rings. The largest absolute Gasteiger partial charge is 0.350 e. The van der Waals surface area contributed by atoms with E-state index in [0.717, 1.165) is 31.4 Å². The molecule has 182 valence electrons. The van der Waals surface area contributed by atoms with Crippen LogP contribution in [0.5, 0.6) is 0 Å². The maximum atomic E-state index is 6.56. The van der Waals surface area contributed by atoms with Gasteiger partial charge < -0.3 is 9.47 Å². The lowest BCUT2D eigenvalue weighted by Crippen LogP contribution is -2.43. The van der Waals surface area contributed by atoms with Crippen LogP contribution in [0.3, 0.4) is 0 Å². The molecule has 2 aromatic carbocycles. The molecule has 3 rings (SSSR count). The van der Waals surface area contributed by atoms with Crippen molar-refractivity contribution in [1.29, 1.82) is 0 Å². The molecule has 2 nitrogen and oxygen atoms in total. The number of fused-ring (bicyclic) bond motifs is 3. The van der Waals surface area contributed by atoms with Crippen molar-refractivity contribution in [3.8, 4) is 11.1 Å². The van der Waals surface area contributed by atoms with Crippen LogP contribution in [0.1, 0.15) is 101 Å². The highest BCUT2D eigenvalue weighted by Gasteiger charge is 2.42. The summed E-state index contributed by atoms with van der Waals surface area (Å²) in [6.07, 6.45) is 11.8. The lowest BCUT2D eigenvalue weighted by Gasteiger charge is -2.41. The van der Waals surface area contributed by atoms with Gasteiger partial charge in [0.05, 0.1) is 0 Å². The zero-order chi connectivity index (χ0) is 23.5. The molecule has 0 saturated carbocycles. The first-order valence-corrected chi connectivity index (χ1v) is 13.9. The summed E-state index contributed by atoms with van der Waals surface area (Å²) in [5.41, 5.74) is 7.13. The van der Waals surface area contributed by atoms with Gasteiger partial charge in [0.15, 0.2) is 5.79 Å². The molecular formula is C30H44O2S. The van der Waals surface area contributed by atoms with E-state index in [1.54, 1.807) is 0 Å². The van der Waals surface area contributed by atoms with Gasteiger partial charge in [0.25, 0.3) is 0 Å². The standard InChI is InChI=1S/C30H44O2S/c1-4-7-8-9-10-11-20-29(30(31-5-2,32-6-3)21-15-22-33)27-19-14-18-26-25-17-13-12-16-24(25)23-28(26)27/h12-14,16-19,29,33H,4-11,15,20-23H2,1-3H3. The Bertz CT molecular complexity index is 841. The Morgan fingerprint density at radius 1 is 0.818 bits per heavy atom. The summed E-state index contributed by atoms with van der Waals surface area (Å²) in [6, 6.07) is 15.8. The number of hydrogen-bond donors (Lipinski definition) is 1. The summed E-state index contributed by atoms with van der Waals surface area (Å²) < 4.78 is 13.1. The van der Waals surface area contributed by atoms with E-state index in [9.17, 15) is 0 Å². The Kier molecular flexibility index (Phi) is 10.8. The average molecular weight is 469 g/mol. The second-order valence-electron chi connectivity index (χ2n) is 9.32. The zero-order valence-corrected chi connectivity index (χ0v) is 22.0. The fraction of sp³-hybridized carbons (Fsp3) is 0.600. The smallest absolute Gasteiger partial charge is 0.175 e. The Hall–Kier alpha value is -1.29. The summed E-state index contributed by atoms with van der Waals surface area (Å²) in [7, 11) is 0. The highest BCUT2D eigenvalue weighted by molar-refractivity contribution is 7.80. The quantitative estimate of drug-likeness (QED) is 0.129.